The molecule has 26 heavy (non-hydrogen) atoms. The second-order valence-electron chi connectivity index (χ2n) is 6.06. The largest absolute Gasteiger partial charge is 0.246 e. The molecule has 0 amide bonds. The molecule has 1 aliphatic heterocycles. The number of nitrogens with zero attached hydrogens (tertiary/aromatic N) is 1. The van der Waals surface area contributed by atoms with Gasteiger partial charge >= 0.3 is 0 Å². The van der Waals surface area contributed by atoms with Gasteiger partial charge in [-0.05, 0) is 37.1 Å². The van der Waals surface area contributed by atoms with Crippen LogP contribution in [0.15, 0.2) is 58.3 Å². The van der Waals surface area contributed by atoms with E-state index in [1.54, 1.807) is 24.3 Å². The Labute approximate surface area is 163 Å². The molecule has 1 heterocycles. The number of sulfonamides is 1. The van der Waals surface area contributed by atoms with E-state index < -0.39 is 25.9 Å². The van der Waals surface area contributed by atoms with Crippen molar-refractivity contribution in [2.24, 2.45) is 0 Å². The zero-order valence-electron chi connectivity index (χ0n) is 13.7. The van der Waals surface area contributed by atoms with Crippen molar-refractivity contribution in [2.45, 2.75) is 28.7 Å². The monoisotopic (exact) mass is 433 g/mol. The summed E-state index contributed by atoms with van der Waals surface area (Å²) in [6, 6.07) is 11.8. The first-order chi connectivity index (χ1) is 12.2. The molecular formula is C17H17Cl2NO4S2. The Morgan fingerprint density at radius 1 is 0.923 bits per heavy atom. The van der Waals surface area contributed by atoms with Crippen LogP contribution in [0.3, 0.4) is 0 Å². The highest BCUT2D eigenvalue weighted by Gasteiger charge is 2.39. The van der Waals surface area contributed by atoms with Gasteiger partial charge in [-0.1, -0.05) is 47.5 Å². The van der Waals surface area contributed by atoms with E-state index in [4.69, 9.17) is 23.2 Å². The van der Waals surface area contributed by atoms with Crippen LogP contribution in [0.5, 0.6) is 0 Å². The average molecular weight is 434 g/mol. The Morgan fingerprint density at radius 3 is 2.15 bits per heavy atom. The summed E-state index contributed by atoms with van der Waals surface area (Å²) in [7, 11) is -7.61. The highest BCUT2D eigenvalue weighted by Crippen LogP contribution is 2.35. The summed E-state index contributed by atoms with van der Waals surface area (Å²) in [5, 5.41) is 0.0446. The van der Waals surface area contributed by atoms with Crippen LogP contribution in [0.25, 0.3) is 0 Å². The van der Waals surface area contributed by atoms with E-state index in [9.17, 15) is 16.8 Å². The Hall–Kier alpha value is -1.12. The maximum absolute atomic E-state index is 13.1. The second kappa shape index (κ2) is 7.48. The molecule has 0 N–H and O–H groups in total. The fourth-order valence-corrected chi connectivity index (χ4v) is 7.62. The minimum absolute atomic E-state index is 0.0223. The summed E-state index contributed by atoms with van der Waals surface area (Å²) in [6.45, 7) is 0.235. The van der Waals surface area contributed by atoms with Gasteiger partial charge in [0.15, 0.2) is 9.84 Å². The smallest absolute Gasteiger partial charge is 0.224 e. The number of benzene rings is 2. The number of rotatable bonds is 5. The van der Waals surface area contributed by atoms with E-state index in [0.29, 0.717) is 12.8 Å². The molecule has 1 aliphatic rings. The summed E-state index contributed by atoms with van der Waals surface area (Å²) >= 11 is 12.1. The lowest BCUT2D eigenvalue weighted by atomic mass is 10.3. The normalized spacial score (nSPS) is 18.9. The minimum Gasteiger partial charge on any atom is -0.224 e. The van der Waals surface area contributed by atoms with Gasteiger partial charge in [0.05, 0.1) is 20.7 Å². The molecule has 5 nitrogen and oxygen atoms in total. The molecule has 9 heteroatoms. The van der Waals surface area contributed by atoms with Gasteiger partial charge in [0.25, 0.3) is 0 Å². The van der Waals surface area contributed by atoms with Crippen molar-refractivity contribution in [1.29, 1.82) is 0 Å². The fraction of sp³-hybridized carbons (Fsp3) is 0.294. The van der Waals surface area contributed by atoms with Gasteiger partial charge in [-0.2, -0.15) is 4.31 Å². The Bertz CT molecular complexity index is 988. The van der Waals surface area contributed by atoms with Gasteiger partial charge in [0.2, 0.25) is 10.0 Å². The van der Waals surface area contributed by atoms with Gasteiger partial charge in [-0.15, -0.1) is 0 Å². The van der Waals surface area contributed by atoms with Crippen molar-refractivity contribution in [3.05, 3.63) is 58.6 Å². The van der Waals surface area contributed by atoms with Crippen LogP contribution in [0, 0.1) is 0 Å². The van der Waals surface area contributed by atoms with Crippen molar-refractivity contribution in [1.82, 2.24) is 4.31 Å². The quantitative estimate of drug-likeness (QED) is 0.721. The van der Waals surface area contributed by atoms with Crippen molar-refractivity contribution in [2.75, 3.05) is 12.3 Å². The molecule has 1 unspecified atom stereocenters. The summed E-state index contributed by atoms with van der Waals surface area (Å²) in [6.07, 6.45) is 1.05. The number of hydrogen-bond acceptors (Lipinski definition) is 4. The third-order valence-electron chi connectivity index (χ3n) is 4.32. The summed E-state index contributed by atoms with van der Waals surface area (Å²) in [4.78, 5) is 0.00682. The lowest BCUT2D eigenvalue weighted by Crippen LogP contribution is -2.39. The molecule has 0 aromatic heterocycles. The van der Waals surface area contributed by atoms with Crippen LogP contribution >= 0.6 is 23.2 Å². The van der Waals surface area contributed by atoms with Crippen LogP contribution in [0.1, 0.15) is 12.8 Å². The van der Waals surface area contributed by atoms with E-state index in [1.165, 1.54) is 28.6 Å². The van der Waals surface area contributed by atoms with E-state index in [-0.39, 0.29) is 32.1 Å². The molecule has 1 saturated heterocycles. The van der Waals surface area contributed by atoms with Crippen molar-refractivity contribution in [3.63, 3.8) is 0 Å². The first kappa shape index (κ1) is 19.6. The standard InChI is InChI=1S/C17H17Cl2NO4S2/c18-15-9-4-10-16(19)17(15)26(23,24)20-11-5-6-13(20)12-25(21,22)14-7-2-1-3-8-14/h1-4,7-10,13H,5-6,11-12H2. The molecule has 2 aromatic rings. The predicted molar refractivity (Wildman–Crippen MR) is 102 cm³/mol. The highest BCUT2D eigenvalue weighted by molar-refractivity contribution is 7.91. The van der Waals surface area contributed by atoms with Gasteiger partial charge in [0, 0.05) is 12.6 Å². The third-order valence-corrected chi connectivity index (χ3v) is 9.04. The molecule has 140 valence electrons. The molecule has 3 rings (SSSR count). The topological polar surface area (TPSA) is 71.5 Å². The van der Waals surface area contributed by atoms with Gasteiger partial charge in [-0.25, -0.2) is 16.8 Å². The van der Waals surface area contributed by atoms with E-state index in [2.05, 4.69) is 0 Å². The summed E-state index contributed by atoms with van der Waals surface area (Å²) < 4.78 is 52.7. The van der Waals surface area contributed by atoms with Crippen LogP contribution < -0.4 is 0 Å². The number of sulfone groups is 1. The minimum atomic E-state index is -4.00. The molecule has 0 saturated carbocycles. The number of hydrogen-bond donors (Lipinski definition) is 0. The highest BCUT2D eigenvalue weighted by atomic mass is 35.5. The molecule has 0 aliphatic carbocycles. The zero-order chi connectivity index (χ0) is 18.9. The molecule has 0 radical (unpaired) electrons. The molecule has 1 fully saturated rings. The lowest BCUT2D eigenvalue weighted by molar-refractivity contribution is 0.408. The average Bonchev–Trinajstić information content (AvgIpc) is 3.03. The van der Waals surface area contributed by atoms with Crippen LogP contribution in [-0.4, -0.2) is 39.5 Å². The molecule has 2 aromatic carbocycles. The fourth-order valence-electron chi connectivity index (χ4n) is 3.12. The first-order valence-corrected chi connectivity index (χ1v) is 11.8. The molecule has 0 bridgehead atoms. The van der Waals surface area contributed by atoms with Crippen molar-refractivity contribution < 1.29 is 16.8 Å². The Kier molecular flexibility index (Phi) is 5.65. The van der Waals surface area contributed by atoms with E-state index in [0.717, 1.165) is 0 Å². The van der Waals surface area contributed by atoms with Gasteiger partial charge < -0.3 is 0 Å². The summed E-state index contributed by atoms with van der Waals surface area (Å²) in [5.74, 6) is -0.279. The first-order valence-electron chi connectivity index (χ1n) is 7.97. The van der Waals surface area contributed by atoms with Crippen LogP contribution in [-0.2, 0) is 19.9 Å². The lowest BCUT2D eigenvalue weighted by Gasteiger charge is -2.25. The zero-order valence-corrected chi connectivity index (χ0v) is 16.8. The van der Waals surface area contributed by atoms with Crippen molar-refractivity contribution in [3.8, 4) is 0 Å². The number of halogens is 2. The van der Waals surface area contributed by atoms with E-state index in [1.807, 2.05) is 0 Å². The van der Waals surface area contributed by atoms with Crippen LogP contribution in [0.4, 0.5) is 0 Å². The summed E-state index contributed by atoms with van der Waals surface area (Å²) in [5.41, 5.74) is 0. The third kappa shape index (κ3) is 3.77. The predicted octanol–water partition coefficient (Wildman–Crippen LogP) is 3.62. The van der Waals surface area contributed by atoms with Crippen molar-refractivity contribution >= 4 is 43.1 Å². The van der Waals surface area contributed by atoms with Crippen LogP contribution in [0.2, 0.25) is 10.0 Å². The van der Waals surface area contributed by atoms with E-state index >= 15 is 0 Å². The maximum atomic E-state index is 13.1. The maximum Gasteiger partial charge on any atom is 0.246 e. The second-order valence-corrected chi connectivity index (χ2v) is 10.7. The van der Waals surface area contributed by atoms with Gasteiger partial charge in [0.1, 0.15) is 4.90 Å². The molecular weight excluding hydrogens is 417 g/mol. The molecule has 0 spiro atoms. The SMILES string of the molecule is O=S(=O)(CC1CCCN1S(=O)(=O)c1c(Cl)cccc1Cl)c1ccccc1. The van der Waals surface area contributed by atoms with Gasteiger partial charge in [-0.3, -0.25) is 0 Å². The Balaban J connectivity index is 1.94. The Morgan fingerprint density at radius 2 is 1.54 bits per heavy atom. The molecule has 1 atom stereocenters.